The van der Waals surface area contributed by atoms with Crippen LogP contribution < -0.4 is 20.3 Å². The van der Waals surface area contributed by atoms with Gasteiger partial charge in [0.05, 0.1) is 22.3 Å². The van der Waals surface area contributed by atoms with Gasteiger partial charge >= 0.3 is 0 Å². The van der Waals surface area contributed by atoms with Crippen molar-refractivity contribution in [2.24, 2.45) is 0 Å². The van der Waals surface area contributed by atoms with Crippen LogP contribution in [-0.2, 0) is 0 Å². The molecule has 2 aromatic rings. The van der Waals surface area contributed by atoms with Crippen molar-refractivity contribution >= 4 is 57.8 Å². The largest absolute Gasteiger partial charge is 0.492 e. The first-order valence-corrected chi connectivity index (χ1v) is 10.8. The molecule has 0 bridgehead atoms. The van der Waals surface area contributed by atoms with Crippen LogP contribution in [0.15, 0.2) is 36.4 Å². The molecular weight excluding hydrogens is 443 g/mol. The number of anilines is 2. The molecule has 1 amide bonds. The van der Waals surface area contributed by atoms with Crippen LogP contribution in [0.1, 0.15) is 17.3 Å². The summed E-state index contributed by atoms with van der Waals surface area (Å²) in [5.41, 5.74) is 2.08. The molecule has 2 N–H and O–H groups in total. The lowest BCUT2D eigenvalue weighted by molar-refractivity contribution is 0.0977. The number of nitrogens with one attached hydrogen (secondary N) is 2. The highest BCUT2D eigenvalue weighted by atomic mass is 35.5. The van der Waals surface area contributed by atoms with Crippen LogP contribution in [0.4, 0.5) is 11.4 Å². The first-order valence-electron chi connectivity index (χ1n) is 9.65. The van der Waals surface area contributed by atoms with E-state index in [1.165, 1.54) is 0 Å². The van der Waals surface area contributed by atoms with Crippen LogP contribution in [0, 0.1) is 0 Å². The van der Waals surface area contributed by atoms with E-state index in [1.54, 1.807) is 24.3 Å². The number of benzene rings is 2. The number of hydrogen-bond donors (Lipinski definition) is 2. The third kappa shape index (κ3) is 5.76. The Bertz CT molecular complexity index is 933. The van der Waals surface area contributed by atoms with Gasteiger partial charge in [-0.3, -0.25) is 10.1 Å². The van der Waals surface area contributed by atoms with Gasteiger partial charge in [0.25, 0.3) is 5.91 Å². The number of halogens is 2. The highest BCUT2D eigenvalue weighted by Crippen LogP contribution is 2.29. The molecule has 6 nitrogen and oxygen atoms in total. The number of piperazine rings is 1. The second kappa shape index (κ2) is 10.3. The molecule has 2 aromatic carbocycles. The molecule has 0 spiro atoms. The van der Waals surface area contributed by atoms with Crippen molar-refractivity contribution in [1.82, 2.24) is 10.2 Å². The average molecular weight is 467 g/mol. The van der Waals surface area contributed by atoms with Gasteiger partial charge in [-0.25, -0.2) is 0 Å². The van der Waals surface area contributed by atoms with Gasteiger partial charge in [0.1, 0.15) is 5.75 Å². The van der Waals surface area contributed by atoms with Crippen LogP contribution in [0.3, 0.4) is 0 Å². The number of likely N-dealkylation sites (N-methyl/N-ethyl adjacent to an activating group) is 1. The Morgan fingerprint density at radius 2 is 1.83 bits per heavy atom. The lowest BCUT2D eigenvalue weighted by atomic mass is 10.2. The molecule has 1 fully saturated rings. The molecule has 9 heteroatoms. The summed E-state index contributed by atoms with van der Waals surface area (Å²) in [6, 6.07) is 10.5. The van der Waals surface area contributed by atoms with E-state index >= 15 is 0 Å². The molecule has 3 rings (SSSR count). The third-order valence-electron chi connectivity index (χ3n) is 4.77. The van der Waals surface area contributed by atoms with Gasteiger partial charge in [0, 0.05) is 37.4 Å². The number of carbonyl (C=O) groups is 1. The smallest absolute Gasteiger partial charge is 0.257 e. The fourth-order valence-electron chi connectivity index (χ4n) is 3.14. The predicted octanol–water partition coefficient (Wildman–Crippen LogP) is 4.27. The minimum absolute atomic E-state index is 0.174. The molecule has 0 aromatic heterocycles. The Labute approximate surface area is 192 Å². The lowest BCUT2D eigenvalue weighted by Gasteiger charge is -2.34. The van der Waals surface area contributed by atoms with Crippen LogP contribution in [0.25, 0.3) is 0 Å². The summed E-state index contributed by atoms with van der Waals surface area (Å²) >= 11 is 17.9. The zero-order chi connectivity index (χ0) is 21.7. The van der Waals surface area contributed by atoms with Gasteiger partial charge in [-0.15, -0.1) is 0 Å². The van der Waals surface area contributed by atoms with Gasteiger partial charge < -0.3 is 19.9 Å². The summed E-state index contributed by atoms with van der Waals surface area (Å²) in [4.78, 5) is 17.0. The Morgan fingerprint density at radius 1 is 1.10 bits per heavy atom. The van der Waals surface area contributed by atoms with Crippen molar-refractivity contribution in [3.63, 3.8) is 0 Å². The van der Waals surface area contributed by atoms with E-state index in [0.29, 0.717) is 33.7 Å². The van der Waals surface area contributed by atoms with E-state index < -0.39 is 0 Å². The minimum atomic E-state index is -0.363. The summed E-state index contributed by atoms with van der Waals surface area (Å²) in [7, 11) is 2.11. The standard InChI is InChI=1S/C21H24Cl2N4O2S/c1-3-29-19-7-4-14(12-17(19)23)20(28)25-21(30)24-15-5-6-18(16(22)13-15)27-10-8-26(2)9-11-27/h4-7,12-13H,3,8-11H2,1-2H3,(H2,24,25,28,30). The molecule has 0 saturated carbocycles. The molecule has 1 aliphatic heterocycles. The van der Waals surface area contributed by atoms with E-state index in [4.69, 9.17) is 40.2 Å². The zero-order valence-electron chi connectivity index (χ0n) is 16.9. The Morgan fingerprint density at radius 3 is 2.47 bits per heavy atom. The molecular formula is C21H24Cl2N4O2S. The molecule has 0 radical (unpaired) electrons. The summed E-state index contributed by atoms with van der Waals surface area (Å²) in [5.74, 6) is 0.170. The van der Waals surface area contributed by atoms with Crippen LogP contribution in [0.5, 0.6) is 5.75 Å². The first-order chi connectivity index (χ1) is 14.4. The topological polar surface area (TPSA) is 56.8 Å². The van der Waals surface area contributed by atoms with Crippen molar-refractivity contribution in [1.29, 1.82) is 0 Å². The summed E-state index contributed by atoms with van der Waals surface area (Å²) < 4.78 is 5.38. The summed E-state index contributed by atoms with van der Waals surface area (Å²) in [6.45, 7) is 6.23. The lowest BCUT2D eigenvalue weighted by Crippen LogP contribution is -2.44. The van der Waals surface area contributed by atoms with Crippen LogP contribution in [-0.4, -0.2) is 55.8 Å². The molecule has 30 heavy (non-hydrogen) atoms. The van der Waals surface area contributed by atoms with Crippen LogP contribution in [0.2, 0.25) is 10.0 Å². The second-order valence-corrected chi connectivity index (χ2v) is 8.17. The van der Waals surface area contributed by atoms with Gasteiger partial charge in [-0.1, -0.05) is 23.2 Å². The highest BCUT2D eigenvalue weighted by molar-refractivity contribution is 7.80. The fraction of sp³-hybridized carbons (Fsp3) is 0.333. The van der Waals surface area contributed by atoms with E-state index in [2.05, 4.69) is 27.5 Å². The third-order valence-corrected chi connectivity index (χ3v) is 5.57. The highest BCUT2D eigenvalue weighted by Gasteiger charge is 2.17. The Balaban J connectivity index is 1.60. The van der Waals surface area contributed by atoms with Crippen molar-refractivity contribution < 1.29 is 9.53 Å². The van der Waals surface area contributed by atoms with E-state index in [0.717, 1.165) is 31.9 Å². The molecule has 160 valence electrons. The fourth-order valence-corrected chi connectivity index (χ4v) is 3.89. The monoisotopic (exact) mass is 466 g/mol. The normalized spacial score (nSPS) is 14.3. The van der Waals surface area contributed by atoms with Crippen molar-refractivity contribution in [3.05, 3.63) is 52.0 Å². The van der Waals surface area contributed by atoms with E-state index in [1.807, 2.05) is 19.1 Å². The molecule has 1 heterocycles. The number of rotatable bonds is 5. The quantitative estimate of drug-likeness (QED) is 0.641. The number of ether oxygens (including phenoxy) is 1. The van der Waals surface area contributed by atoms with E-state index in [9.17, 15) is 4.79 Å². The van der Waals surface area contributed by atoms with Crippen molar-refractivity contribution in [2.75, 3.05) is 50.1 Å². The van der Waals surface area contributed by atoms with E-state index in [-0.39, 0.29) is 11.0 Å². The summed E-state index contributed by atoms with van der Waals surface area (Å²) in [5, 5.41) is 6.83. The molecule has 0 unspecified atom stereocenters. The second-order valence-electron chi connectivity index (χ2n) is 6.94. The first kappa shape index (κ1) is 22.6. The summed E-state index contributed by atoms with van der Waals surface area (Å²) in [6.07, 6.45) is 0. The maximum absolute atomic E-state index is 12.4. The SMILES string of the molecule is CCOc1ccc(C(=O)NC(=S)Nc2ccc(N3CCN(C)CC3)c(Cl)c2)cc1Cl. The number of nitrogens with zero attached hydrogens (tertiary/aromatic N) is 2. The number of hydrogen-bond acceptors (Lipinski definition) is 5. The van der Waals surface area contributed by atoms with Gasteiger partial charge in [0.2, 0.25) is 0 Å². The van der Waals surface area contributed by atoms with Crippen molar-refractivity contribution in [3.8, 4) is 5.75 Å². The average Bonchev–Trinajstić information content (AvgIpc) is 2.70. The van der Waals surface area contributed by atoms with Crippen molar-refractivity contribution in [2.45, 2.75) is 6.92 Å². The maximum Gasteiger partial charge on any atom is 0.257 e. The molecule has 0 atom stereocenters. The minimum Gasteiger partial charge on any atom is -0.492 e. The van der Waals surface area contributed by atoms with Gasteiger partial charge in [0.15, 0.2) is 5.11 Å². The zero-order valence-corrected chi connectivity index (χ0v) is 19.2. The number of thiocarbonyl (C=S) groups is 1. The Kier molecular flexibility index (Phi) is 7.77. The molecule has 1 aliphatic rings. The molecule has 0 aliphatic carbocycles. The maximum atomic E-state index is 12.4. The molecule has 1 saturated heterocycles. The Hall–Kier alpha value is -2.06. The predicted molar refractivity (Wildman–Crippen MR) is 127 cm³/mol. The number of carbonyl (C=O) groups excluding carboxylic acids is 1. The van der Waals surface area contributed by atoms with Gasteiger partial charge in [-0.2, -0.15) is 0 Å². The number of amides is 1. The van der Waals surface area contributed by atoms with Crippen LogP contribution >= 0.6 is 35.4 Å². The van der Waals surface area contributed by atoms with Gasteiger partial charge in [-0.05, 0) is 62.6 Å².